The molecule has 7 heteroatoms. The predicted molar refractivity (Wildman–Crippen MR) is 116 cm³/mol. The summed E-state index contributed by atoms with van der Waals surface area (Å²) in [5.41, 5.74) is 1.70. The maximum Gasteiger partial charge on any atom is 0.248 e. The van der Waals surface area contributed by atoms with Crippen molar-refractivity contribution in [2.75, 3.05) is 44.2 Å². The van der Waals surface area contributed by atoms with Gasteiger partial charge in [0.1, 0.15) is 18.5 Å². The topological polar surface area (TPSA) is 68.8 Å². The lowest BCUT2D eigenvalue weighted by Crippen LogP contribution is -2.49. The van der Waals surface area contributed by atoms with Crippen molar-refractivity contribution in [3.8, 4) is 5.75 Å². The number of nitrogens with one attached hydrogen (secondary N) is 1. The van der Waals surface area contributed by atoms with Gasteiger partial charge >= 0.3 is 0 Å². The van der Waals surface area contributed by atoms with Crippen LogP contribution in [-0.4, -0.2) is 60.4 Å². The van der Waals surface area contributed by atoms with Crippen LogP contribution in [0.5, 0.6) is 5.75 Å². The largest absolute Gasteiger partial charge is 0.491 e. The summed E-state index contributed by atoms with van der Waals surface area (Å²) < 4.78 is 5.76. The Kier molecular flexibility index (Phi) is 6.04. The number of anilines is 1. The van der Waals surface area contributed by atoms with E-state index in [-0.39, 0.29) is 12.2 Å². The van der Waals surface area contributed by atoms with Crippen molar-refractivity contribution in [1.29, 1.82) is 0 Å². The number of ether oxygens (including phenoxy) is 1. The van der Waals surface area contributed by atoms with Crippen molar-refractivity contribution in [3.63, 3.8) is 0 Å². The number of nitrogens with zero attached hydrogens (tertiary/aromatic N) is 2. The third-order valence-electron chi connectivity index (χ3n) is 5.17. The number of aliphatic hydroxyl groups is 1. The first-order valence-corrected chi connectivity index (χ1v) is 10.1. The molecule has 0 aliphatic carbocycles. The fourth-order valence-corrected chi connectivity index (χ4v) is 3.90. The number of hydrogen-bond donors (Lipinski definition) is 2. The normalized spacial score (nSPS) is 16.1. The molecule has 4 rings (SSSR count). The highest BCUT2D eigenvalue weighted by atomic mass is 35.5. The molecular weight excluding hydrogens is 390 g/mol. The number of aromatic amines is 1. The van der Waals surface area contributed by atoms with Gasteiger partial charge in [-0.2, -0.15) is 0 Å². The number of aliphatic hydroxyl groups excluding tert-OH is 1. The van der Waals surface area contributed by atoms with Crippen LogP contribution in [0.1, 0.15) is 0 Å². The van der Waals surface area contributed by atoms with Gasteiger partial charge in [0, 0.05) is 49.7 Å². The predicted octanol–water partition coefficient (Wildman–Crippen LogP) is 2.74. The van der Waals surface area contributed by atoms with Gasteiger partial charge in [0.25, 0.3) is 0 Å². The van der Waals surface area contributed by atoms with Crippen molar-refractivity contribution in [1.82, 2.24) is 9.88 Å². The lowest BCUT2D eigenvalue weighted by Gasteiger charge is -2.37. The molecule has 1 saturated heterocycles. The first kappa shape index (κ1) is 19.8. The van der Waals surface area contributed by atoms with Crippen LogP contribution in [0.25, 0.3) is 10.9 Å². The van der Waals surface area contributed by atoms with Gasteiger partial charge in [-0.15, -0.1) is 0 Å². The maximum absolute atomic E-state index is 11.4. The van der Waals surface area contributed by atoms with Crippen LogP contribution < -0.4 is 15.2 Å². The molecule has 2 N–H and O–H groups in total. The van der Waals surface area contributed by atoms with Gasteiger partial charge in [0.05, 0.1) is 10.7 Å². The number of H-pyrrole nitrogens is 1. The van der Waals surface area contributed by atoms with E-state index in [0.717, 1.165) is 47.8 Å². The summed E-state index contributed by atoms with van der Waals surface area (Å²) in [5, 5.41) is 12.1. The first-order valence-electron chi connectivity index (χ1n) is 9.74. The Morgan fingerprint density at radius 1 is 1.07 bits per heavy atom. The number of para-hydroxylation sites is 1. The standard InChI is InChI=1S/C22H24ClN3O3/c23-19-3-1-2-4-21(19)26-11-9-25(10-12-26)14-17(27)15-29-18-6-7-20-16(13-18)5-8-22(28)24-20/h1-8,13,17,27H,9-12,14-15H2,(H,24,28). The molecular formula is C22H24ClN3O3. The molecule has 1 unspecified atom stereocenters. The third-order valence-corrected chi connectivity index (χ3v) is 5.49. The third kappa shape index (κ3) is 4.90. The SMILES string of the molecule is O=c1ccc2cc(OCC(O)CN3CCN(c4ccccc4Cl)CC3)ccc2[nH]1. The minimum absolute atomic E-state index is 0.128. The highest BCUT2D eigenvalue weighted by Gasteiger charge is 2.20. The number of benzene rings is 2. The summed E-state index contributed by atoms with van der Waals surface area (Å²) in [7, 11) is 0. The van der Waals surface area contributed by atoms with Crippen LogP contribution in [0.2, 0.25) is 5.02 Å². The smallest absolute Gasteiger partial charge is 0.248 e. The Balaban J connectivity index is 1.26. The molecule has 2 aromatic carbocycles. The zero-order chi connectivity index (χ0) is 20.2. The molecule has 0 saturated carbocycles. The van der Waals surface area contributed by atoms with Crippen LogP contribution in [0.3, 0.4) is 0 Å². The van der Waals surface area contributed by atoms with Crippen LogP contribution in [0, 0.1) is 0 Å². The molecule has 1 aliphatic rings. The van der Waals surface area contributed by atoms with Gasteiger partial charge in [-0.05, 0) is 36.4 Å². The lowest BCUT2D eigenvalue weighted by molar-refractivity contribution is 0.0663. The number of rotatable bonds is 6. The number of fused-ring (bicyclic) bond motifs is 1. The highest BCUT2D eigenvalue weighted by molar-refractivity contribution is 6.33. The van der Waals surface area contributed by atoms with Gasteiger partial charge in [0.2, 0.25) is 5.56 Å². The average Bonchev–Trinajstić information content (AvgIpc) is 2.73. The summed E-state index contributed by atoms with van der Waals surface area (Å²) in [6, 6.07) is 16.6. The molecule has 0 radical (unpaired) electrons. The number of piperazine rings is 1. The molecule has 1 aromatic heterocycles. The summed E-state index contributed by atoms with van der Waals surface area (Å²) in [5.74, 6) is 0.673. The van der Waals surface area contributed by atoms with E-state index >= 15 is 0 Å². The molecule has 1 atom stereocenters. The summed E-state index contributed by atoms with van der Waals surface area (Å²) in [6.45, 7) is 4.27. The van der Waals surface area contributed by atoms with E-state index in [4.69, 9.17) is 16.3 Å². The average molecular weight is 414 g/mol. The second-order valence-corrected chi connectivity index (χ2v) is 7.68. The second-order valence-electron chi connectivity index (χ2n) is 7.28. The second kappa shape index (κ2) is 8.86. The van der Waals surface area contributed by atoms with Gasteiger partial charge in [-0.3, -0.25) is 9.69 Å². The monoisotopic (exact) mass is 413 g/mol. The van der Waals surface area contributed by atoms with Crippen LogP contribution in [0.15, 0.2) is 59.4 Å². The Morgan fingerprint density at radius 3 is 2.66 bits per heavy atom. The van der Waals surface area contributed by atoms with E-state index < -0.39 is 6.10 Å². The van der Waals surface area contributed by atoms with Crippen molar-refractivity contribution >= 4 is 28.2 Å². The number of aromatic nitrogens is 1. The van der Waals surface area contributed by atoms with Crippen molar-refractivity contribution in [2.45, 2.75) is 6.10 Å². The minimum atomic E-state index is -0.576. The molecule has 0 spiro atoms. The lowest BCUT2D eigenvalue weighted by atomic mass is 10.2. The van der Waals surface area contributed by atoms with Crippen molar-refractivity contribution in [2.24, 2.45) is 0 Å². The van der Waals surface area contributed by atoms with Crippen molar-refractivity contribution < 1.29 is 9.84 Å². The van der Waals surface area contributed by atoms with E-state index in [2.05, 4.69) is 14.8 Å². The molecule has 1 fully saturated rings. The fourth-order valence-electron chi connectivity index (χ4n) is 3.64. The summed E-state index contributed by atoms with van der Waals surface area (Å²) in [4.78, 5) is 18.7. The maximum atomic E-state index is 11.4. The van der Waals surface area contributed by atoms with Gasteiger partial charge in [-0.25, -0.2) is 0 Å². The van der Waals surface area contributed by atoms with Crippen LogP contribution in [0.4, 0.5) is 5.69 Å². The quantitative estimate of drug-likeness (QED) is 0.650. The minimum Gasteiger partial charge on any atom is -0.491 e. The zero-order valence-electron chi connectivity index (χ0n) is 16.1. The molecule has 152 valence electrons. The summed E-state index contributed by atoms with van der Waals surface area (Å²) >= 11 is 6.29. The van der Waals surface area contributed by atoms with Crippen molar-refractivity contribution in [3.05, 3.63) is 70.0 Å². The van der Waals surface area contributed by atoms with Gasteiger partial charge in [-0.1, -0.05) is 23.7 Å². The van der Waals surface area contributed by atoms with E-state index in [0.29, 0.717) is 12.3 Å². The van der Waals surface area contributed by atoms with Crippen LogP contribution >= 0.6 is 11.6 Å². The number of β-amino-alcohol motifs (C(OH)–C–C–N with tert-alkyl or cyclic N) is 1. The van der Waals surface area contributed by atoms with Gasteiger partial charge in [0.15, 0.2) is 0 Å². The number of pyridine rings is 1. The molecule has 0 amide bonds. The zero-order valence-corrected chi connectivity index (χ0v) is 16.8. The van der Waals surface area contributed by atoms with E-state index in [1.165, 1.54) is 6.07 Å². The number of halogens is 1. The molecule has 29 heavy (non-hydrogen) atoms. The fraction of sp³-hybridized carbons (Fsp3) is 0.318. The van der Waals surface area contributed by atoms with E-state index in [1.54, 1.807) is 12.1 Å². The molecule has 1 aliphatic heterocycles. The van der Waals surface area contributed by atoms with E-state index in [9.17, 15) is 9.90 Å². The molecule has 2 heterocycles. The summed E-state index contributed by atoms with van der Waals surface area (Å²) in [6.07, 6.45) is -0.576. The van der Waals surface area contributed by atoms with E-state index in [1.807, 2.05) is 36.4 Å². The Hall–Kier alpha value is -2.54. The Bertz CT molecular complexity index is 1030. The van der Waals surface area contributed by atoms with Crippen LogP contribution in [-0.2, 0) is 0 Å². The first-order chi connectivity index (χ1) is 14.1. The number of hydrogen-bond acceptors (Lipinski definition) is 5. The molecule has 6 nitrogen and oxygen atoms in total. The molecule has 3 aromatic rings. The highest BCUT2D eigenvalue weighted by Crippen LogP contribution is 2.26. The Labute approximate surface area is 174 Å². The van der Waals surface area contributed by atoms with Gasteiger partial charge < -0.3 is 19.7 Å². The molecule has 0 bridgehead atoms. The Morgan fingerprint density at radius 2 is 1.86 bits per heavy atom.